The molecule has 1 heterocycles. The van der Waals surface area contributed by atoms with Gasteiger partial charge in [-0.1, -0.05) is 59.6 Å². The molecule has 0 N–H and O–H groups in total. The van der Waals surface area contributed by atoms with Gasteiger partial charge in [0.1, 0.15) is 6.29 Å². The van der Waals surface area contributed by atoms with Gasteiger partial charge in [0.15, 0.2) is 0 Å². The van der Waals surface area contributed by atoms with Gasteiger partial charge >= 0.3 is 0 Å². The van der Waals surface area contributed by atoms with E-state index in [2.05, 4.69) is 35.2 Å². The van der Waals surface area contributed by atoms with Crippen molar-refractivity contribution in [2.24, 2.45) is 0 Å². The van der Waals surface area contributed by atoms with Crippen molar-refractivity contribution in [3.05, 3.63) is 81.9 Å². The van der Waals surface area contributed by atoms with Crippen LogP contribution in [-0.4, -0.2) is 30.8 Å². The summed E-state index contributed by atoms with van der Waals surface area (Å²) in [7, 11) is 0. The molecule has 0 radical (unpaired) electrons. The third-order valence-electron chi connectivity index (χ3n) is 5.90. The van der Waals surface area contributed by atoms with Gasteiger partial charge in [-0.25, -0.2) is 0 Å². The average Bonchev–Trinajstić information content (AvgIpc) is 2.75. The van der Waals surface area contributed by atoms with Gasteiger partial charge in [0.05, 0.1) is 0 Å². The number of hydrogen-bond donors (Lipinski definition) is 0. The van der Waals surface area contributed by atoms with Crippen LogP contribution in [0.5, 0.6) is 0 Å². The maximum atomic E-state index is 10.8. The first-order valence-electron chi connectivity index (χ1n) is 10.2. The predicted molar refractivity (Wildman–Crippen MR) is 118 cm³/mol. The van der Waals surface area contributed by atoms with Crippen molar-refractivity contribution in [2.75, 3.05) is 19.6 Å². The van der Waals surface area contributed by atoms with Gasteiger partial charge in [-0.2, -0.15) is 0 Å². The maximum absolute atomic E-state index is 10.8. The average molecular weight is 392 g/mol. The van der Waals surface area contributed by atoms with Crippen LogP contribution in [0.15, 0.2) is 60.2 Å². The Morgan fingerprint density at radius 2 is 1.61 bits per heavy atom. The molecule has 0 spiro atoms. The zero-order chi connectivity index (χ0) is 19.3. The summed E-state index contributed by atoms with van der Waals surface area (Å²) in [5.74, 6) is 0. The Hall–Kier alpha value is -2.16. The molecule has 0 unspecified atom stereocenters. The van der Waals surface area contributed by atoms with E-state index in [9.17, 15) is 4.79 Å². The Labute approximate surface area is 172 Å². The molecule has 0 amide bonds. The van der Waals surface area contributed by atoms with E-state index in [-0.39, 0.29) is 0 Å². The van der Waals surface area contributed by atoms with E-state index in [0.29, 0.717) is 0 Å². The van der Waals surface area contributed by atoms with Crippen LogP contribution in [0.3, 0.4) is 0 Å². The summed E-state index contributed by atoms with van der Waals surface area (Å²) >= 11 is 6.08. The summed E-state index contributed by atoms with van der Waals surface area (Å²) in [6.07, 6.45) is 9.27. The number of halogens is 1. The van der Waals surface area contributed by atoms with Gasteiger partial charge in [0.25, 0.3) is 0 Å². The second-order valence-corrected chi connectivity index (χ2v) is 8.19. The van der Waals surface area contributed by atoms with Crippen LogP contribution in [0.1, 0.15) is 53.6 Å². The number of nitrogens with zero attached hydrogens (tertiary/aromatic N) is 1. The van der Waals surface area contributed by atoms with Crippen LogP contribution in [0.4, 0.5) is 0 Å². The Morgan fingerprint density at radius 1 is 0.893 bits per heavy atom. The zero-order valence-electron chi connectivity index (χ0n) is 16.2. The van der Waals surface area contributed by atoms with E-state index in [0.717, 1.165) is 42.9 Å². The van der Waals surface area contributed by atoms with Crippen molar-refractivity contribution >= 4 is 29.0 Å². The molecular weight excluding hydrogens is 366 g/mol. The molecule has 3 heteroatoms. The summed E-state index contributed by atoms with van der Waals surface area (Å²) in [5.41, 5.74) is 7.83. The molecule has 4 rings (SSSR count). The van der Waals surface area contributed by atoms with Crippen LogP contribution < -0.4 is 0 Å². The lowest BCUT2D eigenvalue weighted by molar-refractivity contribution is 0.112. The molecule has 2 aliphatic rings. The van der Waals surface area contributed by atoms with E-state index in [1.807, 2.05) is 24.3 Å². The van der Waals surface area contributed by atoms with E-state index in [4.69, 9.17) is 11.6 Å². The number of aldehydes is 1. The molecule has 2 aromatic carbocycles. The fraction of sp³-hybridized carbons (Fsp3) is 0.320. The van der Waals surface area contributed by atoms with Gasteiger partial charge in [-0.3, -0.25) is 9.69 Å². The number of rotatable bonds is 5. The van der Waals surface area contributed by atoms with Crippen molar-refractivity contribution < 1.29 is 4.79 Å². The minimum absolute atomic E-state index is 0.737. The predicted octanol–water partition coefficient (Wildman–Crippen LogP) is 6.27. The molecule has 0 atom stereocenters. The van der Waals surface area contributed by atoms with Crippen molar-refractivity contribution in [1.82, 2.24) is 4.90 Å². The standard InChI is InChI=1S/C25H26ClNO/c26-24-11-9-22(10-12-24)25-4-2-1-3-23(25)17-27-15-13-21(14-16-27)20-7-5-19(18-28)6-8-20/h5-13,18H,1-4,14-17H2. The maximum Gasteiger partial charge on any atom is 0.150 e. The molecule has 1 aliphatic heterocycles. The minimum Gasteiger partial charge on any atom is -0.298 e. The second kappa shape index (κ2) is 8.89. The Bertz CT molecular complexity index is 893. The zero-order valence-corrected chi connectivity index (χ0v) is 16.9. The number of carbonyl (C=O) groups is 1. The summed E-state index contributed by atoms with van der Waals surface area (Å²) in [4.78, 5) is 13.4. The van der Waals surface area contributed by atoms with Gasteiger partial charge in [0, 0.05) is 30.2 Å². The highest BCUT2D eigenvalue weighted by molar-refractivity contribution is 6.30. The Morgan fingerprint density at radius 3 is 2.29 bits per heavy atom. The molecule has 0 saturated heterocycles. The lowest BCUT2D eigenvalue weighted by Crippen LogP contribution is -2.31. The van der Waals surface area contributed by atoms with E-state index < -0.39 is 0 Å². The van der Waals surface area contributed by atoms with Gasteiger partial charge in [-0.15, -0.1) is 0 Å². The fourth-order valence-electron chi connectivity index (χ4n) is 4.30. The molecule has 0 bridgehead atoms. The fourth-order valence-corrected chi connectivity index (χ4v) is 4.43. The molecule has 0 fully saturated rings. The highest BCUT2D eigenvalue weighted by Gasteiger charge is 2.19. The molecular formula is C25H26ClNO. The molecule has 144 valence electrons. The molecule has 2 aromatic rings. The molecule has 28 heavy (non-hydrogen) atoms. The van der Waals surface area contributed by atoms with Gasteiger partial charge < -0.3 is 0 Å². The largest absolute Gasteiger partial charge is 0.298 e. The summed E-state index contributed by atoms with van der Waals surface area (Å²) in [5, 5.41) is 0.802. The normalized spacial score (nSPS) is 18.1. The quantitative estimate of drug-likeness (QED) is 0.560. The number of carbonyl (C=O) groups excluding carboxylic acids is 1. The first kappa shape index (κ1) is 19.2. The molecule has 2 nitrogen and oxygen atoms in total. The number of allylic oxidation sites excluding steroid dienone is 1. The Balaban J connectivity index is 1.47. The Kier molecular flexibility index (Phi) is 6.09. The van der Waals surface area contributed by atoms with Gasteiger partial charge in [0.2, 0.25) is 0 Å². The lowest BCUT2D eigenvalue weighted by atomic mass is 9.87. The van der Waals surface area contributed by atoms with E-state index in [1.54, 1.807) is 5.57 Å². The highest BCUT2D eigenvalue weighted by Crippen LogP contribution is 2.34. The topological polar surface area (TPSA) is 20.3 Å². The monoisotopic (exact) mass is 391 g/mol. The van der Waals surface area contributed by atoms with Crippen LogP contribution >= 0.6 is 11.6 Å². The van der Waals surface area contributed by atoms with Crippen molar-refractivity contribution in [3.63, 3.8) is 0 Å². The summed E-state index contributed by atoms with van der Waals surface area (Å²) in [6.45, 7) is 3.13. The minimum atomic E-state index is 0.737. The lowest BCUT2D eigenvalue weighted by Gasteiger charge is -2.30. The highest BCUT2D eigenvalue weighted by atomic mass is 35.5. The summed E-state index contributed by atoms with van der Waals surface area (Å²) < 4.78 is 0. The van der Waals surface area contributed by atoms with E-state index >= 15 is 0 Å². The van der Waals surface area contributed by atoms with E-state index in [1.165, 1.54) is 48.0 Å². The van der Waals surface area contributed by atoms with Crippen molar-refractivity contribution in [1.29, 1.82) is 0 Å². The third-order valence-corrected chi connectivity index (χ3v) is 6.15. The molecule has 0 saturated carbocycles. The SMILES string of the molecule is O=Cc1ccc(C2=CCN(CC3=C(c4ccc(Cl)cc4)CCCC3)CC2)cc1. The number of hydrogen-bond acceptors (Lipinski definition) is 2. The van der Waals surface area contributed by atoms with Crippen molar-refractivity contribution in [2.45, 2.75) is 32.1 Å². The van der Waals surface area contributed by atoms with Crippen LogP contribution in [0, 0.1) is 0 Å². The van der Waals surface area contributed by atoms with Gasteiger partial charge in [-0.05, 0) is 66.5 Å². The first-order valence-corrected chi connectivity index (χ1v) is 10.5. The van der Waals surface area contributed by atoms with Crippen LogP contribution in [0.25, 0.3) is 11.1 Å². The molecule has 0 aromatic heterocycles. The van der Waals surface area contributed by atoms with Crippen molar-refractivity contribution in [3.8, 4) is 0 Å². The second-order valence-electron chi connectivity index (χ2n) is 7.75. The molecule has 1 aliphatic carbocycles. The smallest absolute Gasteiger partial charge is 0.150 e. The number of benzene rings is 2. The first-order chi connectivity index (χ1) is 13.7. The van der Waals surface area contributed by atoms with Crippen LogP contribution in [-0.2, 0) is 0 Å². The van der Waals surface area contributed by atoms with Crippen LogP contribution in [0.2, 0.25) is 5.02 Å². The summed E-state index contributed by atoms with van der Waals surface area (Å²) in [6, 6.07) is 16.3. The third kappa shape index (κ3) is 4.45.